The number of likely N-dealkylation sites (N-methyl/N-ethyl adjacent to an activating group) is 1. The van der Waals surface area contributed by atoms with Crippen LogP contribution in [0.15, 0.2) is 18.2 Å². The van der Waals surface area contributed by atoms with Crippen molar-refractivity contribution in [1.29, 1.82) is 0 Å². The Balaban J connectivity index is 2.06. The van der Waals surface area contributed by atoms with E-state index in [1.54, 1.807) is 0 Å². The van der Waals surface area contributed by atoms with Crippen molar-refractivity contribution in [3.05, 3.63) is 35.4 Å². The summed E-state index contributed by atoms with van der Waals surface area (Å²) in [5.41, 5.74) is 0.731. The summed E-state index contributed by atoms with van der Waals surface area (Å²) in [7, 11) is 1.92. The van der Waals surface area contributed by atoms with E-state index in [-0.39, 0.29) is 0 Å². The molecule has 0 spiro atoms. The Morgan fingerprint density at radius 3 is 2.59 bits per heavy atom. The van der Waals surface area contributed by atoms with Crippen molar-refractivity contribution in [2.45, 2.75) is 30.6 Å². The average molecular weight is 257 g/mol. The fourth-order valence-electron chi connectivity index (χ4n) is 2.32. The van der Waals surface area contributed by atoms with Gasteiger partial charge in [0, 0.05) is 17.4 Å². The van der Waals surface area contributed by atoms with E-state index in [1.807, 2.05) is 18.8 Å². The van der Waals surface area contributed by atoms with Crippen LogP contribution in [0.4, 0.5) is 8.78 Å². The van der Waals surface area contributed by atoms with Crippen LogP contribution in [0.1, 0.15) is 18.4 Å². The van der Waals surface area contributed by atoms with Gasteiger partial charge in [-0.15, -0.1) is 0 Å². The van der Waals surface area contributed by atoms with Gasteiger partial charge in [0.1, 0.15) is 11.6 Å². The number of rotatable bonds is 4. The van der Waals surface area contributed by atoms with E-state index in [2.05, 4.69) is 5.32 Å². The molecule has 2 atom stereocenters. The average Bonchev–Trinajstić information content (AvgIpc) is 2.77. The van der Waals surface area contributed by atoms with Gasteiger partial charge in [-0.05, 0) is 49.8 Å². The zero-order valence-corrected chi connectivity index (χ0v) is 10.7. The molecule has 1 N–H and O–H groups in total. The first-order chi connectivity index (χ1) is 8.19. The van der Waals surface area contributed by atoms with Gasteiger partial charge < -0.3 is 5.32 Å². The molecule has 0 bridgehead atoms. The maximum atomic E-state index is 13.1. The summed E-state index contributed by atoms with van der Waals surface area (Å²) in [6.45, 7) is 0. The molecule has 17 heavy (non-hydrogen) atoms. The maximum absolute atomic E-state index is 13.1. The van der Waals surface area contributed by atoms with Gasteiger partial charge in [0.15, 0.2) is 0 Å². The minimum Gasteiger partial charge on any atom is -0.316 e. The lowest BCUT2D eigenvalue weighted by molar-refractivity contribution is 0.517. The smallest absolute Gasteiger partial charge is 0.126 e. The number of thioether (sulfide) groups is 1. The highest BCUT2D eigenvalue weighted by Gasteiger charge is 2.24. The number of hydrogen-bond acceptors (Lipinski definition) is 2. The number of hydrogen-bond donors (Lipinski definition) is 1. The van der Waals surface area contributed by atoms with Crippen LogP contribution in [0, 0.1) is 11.6 Å². The Morgan fingerprint density at radius 1 is 1.35 bits per heavy atom. The van der Waals surface area contributed by atoms with Crippen LogP contribution in [-0.4, -0.2) is 24.1 Å². The lowest BCUT2D eigenvalue weighted by Gasteiger charge is -2.22. The third kappa shape index (κ3) is 3.42. The van der Waals surface area contributed by atoms with E-state index in [0.29, 0.717) is 17.7 Å². The fourth-order valence-corrected chi connectivity index (χ4v) is 3.76. The lowest BCUT2D eigenvalue weighted by Crippen LogP contribution is -2.36. The van der Waals surface area contributed by atoms with E-state index < -0.39 is 11.6 Å². The van der Waals surface area contributed by atoms with E-state index in [0.717, 1.165) is 11.6 Å². The van der Waals surface area contributed by atoms with Gasteiger partial charge in [0.25, 0.3) is 0 Å². The summed E-state index contributed by atoms with van der Waals surface area (Å²) < 4.78 is 26.2. The van der Waals surface area contributed by atoms with Crippen LogP contribution >= 0.6 is 11.8 Å². The molecule has 0 saturated carbocycles. The number of benzene rings is 1. The van der Waals surface area contributed by atoms with Gasteiger partial charge >= 0.3 is 0 Å². The molecule has 2 unspecified atom stereocenters. The van der Waals surface area contributed by atoms with E-state index in [1.165, 1.54) is 30.7 Å². The van der Waals surface area contributed by atoms with Crippen molar-refractivity contribution in [2.24, 2.45) is 0 Å². The zero-order valence-electron chi connectivity index (χ0n) is 9.88. The van der Waals surface area contributed by atoms with Gasteiger partial charge in [0.05, 0.1) is 0 Å². The molecule has 1 aliphatic rings. The van der Waals surface area contributed by atoms with Crippen molar-refractivity contribution in [1.82, 2.24) is 5.32 Å². The predicted molar refractivity (Wildman–Crippen MR) is 68.4 cm³/mol. The molecular formula is C13H17F2NS. The van der Waals surface area contributed by atoms with Gasteiger partial charge in [-0.2, -0.15) is 11.8 Å². The standard InChI is InChI=1S/C13H17F2NS/c1-16-12(13-3-2-4-17-13)7-9-5-10(14)8-11(15)6-9/h5-6,8,12-13,16H,2-4,7H2,1H3. The zero-order chi connectivity index (χ0) is 12.3. The van der Waals surface area contributed by atoms with Crippen molar-refractivity contribution < 1.29 is 8.78 Å². The molecule has 1 saturated heterocycles. The highest BCUT2D eigenvalue weighted by Crippen LogP contribution is 2.30. The molecule has 1 fully saturated rings. The fraction of sp³-hybridized carbons (Fsp3) is 0.538. The summed E-state index contributed by atoms with van der Waals surface area (Å²) in [5.74, 6) is 0.211. The van der Waals surface area contributed by atoms with Crippen LogP contribution in [0.25, 0.3) is 0 Å². The second-order valence-electron chi connectivity index (χ2n) is 4.43. The van der Waals surface area contributed by atoms with Crippen molar-refractivity contribution in [3.63, 3.8) is 0 Å². The summed E-state index contributed by atoms with van der Waals surface area (Å²) in [5, 5.41) is 3.83. The Labute approximate surface area is 105 Å². The van der Waals surface area contributed by atoms with Crippen LogP contribution in [0.2, 0.25) is 0 Å². The van der Waals surface area contributed by atoms with Gasteiger partial charge in [-0.3, -0.25) is 0 Å². The van der Waals surface area contributed by atoms with Gasteiger partial charge in [-0.1, -0.05) is 0 Å². The largest absolute Gasteiger partial charge is 0.316 e. The monoisotopic (exact) mass is 257 g/mol. The van der Waals surface area contributed by atoms with Crippen LogP contribution in [-0.2, 0) is 6.42 Å². The van der Waals surface area contributed by atoms with Crippen molar-refractivity contribution >= 4 is 11.8 Å². The molecule has 0 aliphatic carbocycles. The van der Waals surface area contributed by atoms with E-state index >= 15 is 0 Å². The highest BCUT2D eigenvalue weighted by atomic mass is 32.2. The Morgan fingerprint density at radius 2 is 2.06 bits per heavy atom. The molecule has 1 aromatic carbocycles. The summed E-state index contributed by atoms with van der Waals surface area (Å²) >= 11 is 1.95. The van der Waals surface area contributed by atoms with Gasteiger partial charge in [-0.25, -0.2) is 8.78 Å². The van der Waals surface area contributed by atoms with Gasteiger partial charge in [0.2, 0.25) is 0 Å². The molecule has 1 aliphatic heterocycles. The molecule has 0 aromatic heterocycles. The topological polar surface area (TPSA) is 12.0 Å². The lowest BCUT2D eigenvalue weighted by atomic mass is 10.0. The predicted octanol–water partition coefficient (Wildman–Crippen LogP) is 2.99. The quantitative estimate of drug-likeness (QED) is 0.890. The maximum Gasteiger partial charge on any atom is 0.126 e. The SMILES string of the molecule is CNC(Cc1cc(F)cc(F)c1)C1CCCS1. The molecule has 1 aromatic rings. The second-order valence-corrected chi connectivity index (χ2v) is 5.78. The summed E-state index contributed by atoms with van der Waals surface area (Å²) in [6.07, 6.45) is 3.11. The first-order valence-corrected chi connectivity index (χ1v) is 6.98. The van der Waals surface area contributed by atoms with E-state index in [9.17, 15) is 8.78 Å². The normalized spacial score (nSPS) is 21.7. The van der Waals surface area contributed by atoms with Crippen LogP contribution in [0.5, 0.6) is 0 Å². The third-order valence-electron chi connectivity index (χ3n) is 3.16. The first kappa shape index (κ1) is 12.8. The molecule has 0 amide bonds. The molecule has 1 nitrogen and oxygen atoms in total. The van der Waals surface area contributed by atoms with E-state index in [4.69, 9.17) is 0 Å². The minimum absolute atomic E-state index is 0.295. The number of halogens is 2. The molecule has 94 valence electrons. The van der Waals surface area contributed by atoms with Crippen molar-refractivity contribution in [2.75, 3.05) is 12.8 Å². The Bertz CT molecular complexity index is 357. The first-order valence-electron chi connectivity index (χ1n) is 5.93. The molecule has 4 heteroatoms. The second kappa shape index (κ2) is 5.83. The van der Waals surface area contributed by atoms with Crippen LogP contribution in [0.3, 0.4) is 0 Å². The highest BCUT2D eigenvalue weighted by molar-refractivity contribution is 8.00. The molecule has 0 radical (unpaired) electrons. The van der Waals surface area contributed by atoms with Crippen LogP contribution < -0.4 is 5.32 Å². The summed E-state index contributed by atoms with van der Waals surface area (Å²) in [6, 6.07) is 4.06. The Kier molecular flexibility index (Phi) is 4.40. The molecule has 1 heterocycles. The molecular weight excluding hydrogens is 240 g/mol. The minimum atomic E-state index is -0.492. The third-order valence-corrected chi connectivity index (χ3v) is 4.68. The van der Waals surface area contributed by atoms with Crippen molar-refractivity contribution in [3.8, 4) is 0 Å². The summed E-state index contributed by atoms with van der Waals surface area (Å²) in [4.78, 5) is 0. The molecule has 2 rings (SSSR count). The number of nitrogens with one attached hydrogen (secondary N) is 1. The Hall–Kier alpha value is -0.610.